The van der Waals surface area contributed by atoms with E-state index in [4.69, 9.17) is 4.74 Å². The lowest BCUT2D eigenvalue weighted by Crippen LogP contribution is -2.59. The van der Waals surface area contributed by atoms with Crippen molar-refractivity contribution < 1.29 is 9.13 Å². The molecule has 2 heterocycles. The van der Waals surface area contributed by atoms with Crippen LogP contribution in [0.1, 0.15) is 99.1 Å². The molecule has 3 aromatic carbocycles. The summed E-state index contributed by atoms with van der Waals surface area (Å²) in [5.41, 5.74) is 5.94. The fourth-order valence-electron chi connectivity index (χ4n) is 11.7. The van der Waals surface area contributed by atoms with E-state index in [1.807, 2.05) is 19.1 Å². The normalized spacial score (nSPS) is 32.5. The number of fused-ring (bicyclic) bond motifs is 4. The van der Waals surface area contributed by atoms with Gasteiger partial charge in [-0.15, -0.1) is 0 Å². The molecule has 4 saturated carbocycles. The van der Waals surface area contributed by atoms with Gasteiger partial charge in [-0.1, -0.05) is 117 Å². The Morgan fingerprint density at radius 1 is 0.673 bits per heavy atom. The lowest BCUT2D eigenvalue weighted by Gasteiger charge is -2.59. The molecule has 7 aliphatic rings. The molecule has 0 radical (unpaired) electrons. The van der Waals surface area contributed by atoms with Gasteiger partial charge in [0.05, 0.1) is 0 Å². The second-order valence-electron chi connectivity index (χ2n) is 20.6. The number of aryl methyl sites for hydroxylation is 1. The predicted octanol–water partition coefficient (Wildman–Crippen LogP) is 12.8. The molecule has 10 rings (SSSR count). The van der Waals surface area contributed by atoms with Gasteiger partial charge in [0.15, 0.2) is 0 Å². The van der Waals surface area contributed by atoms with E-state index in [1.54, 1.807) is 6.07 Å². The highest BCUT2D eigenvalue weighted by Gasteiger charge is 2.63. The summed E-state index contributed by atoms with van der Waals surface area (Å²) in [7, 11) is 0. The fraction of sp³-hybridized carbons (Fsp3) is 0.592. The SMILES string of the molecule is CC(C)(C)C1C2CC1CN(c1ccccc1)C2.CC(C)(C)C1C2CCC(Oc3ccccc3)C21.Cc1ccc(C2=CC3C(C2)C3C(C)(C)C)cc1F. The third kappa shape index (κ3) is 7.76. The van der Waals surface area contributed by atoms with Crippen LogP contribution >= 0.6 is 0 Å². The molecule has 3 aromatic rings. The molecule has 5 aliphatic carbocycles. The molecule has 9 atom stereocenters. The monoisotopic (exact) mass is 704 g/mol. The molecule has 6 fully saturated rings. The summed E-state index contributed by atoms with van der Waals surface area (Å²) in [6.07, 6.45) is 8.07. The van der Waals surface area contributed by atoms with E-state index in [2.05, 4.69) is 134 Å². The molecule has 0 aromatic heterocycles. The van der Waals surface area contributed by atoms with E-state index in [1.165, 1.54) is 43.6 Å². The highest BCUT2D eigenvalue weighted by atomic mass is 19.1. The number of allylic oxidation sites excluding steroid dienone is 2. The zero-order valence-electron chi connectivity index (χ0n) is 33.8. The highest BCUT2D eigenvalue weighted by Crippen LogP contribution is 2.65. The first kappa shape index (κ1) is 37.3. The standard InChI is InChI=1S/C17H21F.C16H23N.C16H22O/c1-10-5-6-11(9-15(10)18)12-7-13-14(8-12)16(13)17(2,3)4;1-16(2,3)15-12-9-13(15)11-17(10-12)14-7-5-4-6-8-14;1-16(2,3)15-12-9-10-13(14(12)15)17-11-7-5-4-6-8-11/h5-7,9,13-14,16H,8H2,1-4H3;4-8,12-13,15H,9-11H2,1-3H3;4-8,12-15H,9-10H2,1-3H3. The highest BCUT2D eigenvalue weighted by molar-refractivity contribution is 5.70. The van der Waals surface area contributed by atoms with Crippen LogP contribution in [-0.2, 0) is 0 Å². The summed E-state index contributed by atoms with van der Waals surface area (Å²) in [6.45, 7) is 25.7. The molecule has 0 amide bonds. The lowest BCUT2D eigenvalue weighted by atomic mass is 9.53. The average Bonchev–Trinajstić information content (AvgIpc) is 3.89. The Morgan fingerprint density at radius 2 is 1.27 bits per heavy atom. The number of ether oxygens (including phenoxy) is 1. The number of nitrogens with zero attached hydrogens (tertiary/aromatic N) is 1. The molecular weight excluding hydrogens is 638 g/mol. The topological polar surface area (TPSA) is 12.5 Å². The summed E-state index contributed by atoms with van der Waals surface area (Å²) < 4.78 is 19.7. The van der Waals surface area contributed by atoms with Crippen molar-refractivity contribution in [2.24, 2.45) is 69.5 Å². The van der Waals surface area contributed by atoms with Crippen molar-refractivity contribution in [2.75, 3.05) is 18.0 Å². The van der Waals surface area contributed by atoms with Crippen LogP contribution in [0.2, 0.25) is 0 Å². The van der Waals surface area contributed by atoms with Gasteiger partial charge in [0.25, 0.3) is 0 Å². The van der Waals surface area contributed by atoms with Crippen LogP contribution in [0.5, 0.6) is 5.75 Å². The first-order valence-electron chi connectivity index (χ1n) is 20.5. The number of hydrogen-bond acceptors (Lipinski definition) is 2. The van der Waals surface area contributed by atoms with Crippen molar-refractivity contribution in [1.29, 1.82) is 0 Å². The molecule has 0 spiro atoms. The largest absolute Gasteiger partial charge is 0.490 e. The lowest BCUT2D eigenvalue weighted by molar-refractivity contribution is -0.0333. The van der Waals surface area contributed by atoms with E-state index in [0.29, 0.717) is 22.3 Å². The molecule has 2 aliphatic heterocycles. The van der Waals surface area contributed by atoms with Crippen LogP contribution in [0.15, 0.2) is 84.9 Å². The Hall–Kier alpha value is -3.07. The average molecular weight is 704 g/mol. The summed E-state index contributed by atoms with van der Waals surface area (Å²) in [6, 6.07) is 26.8. The number of para-hydroxylation sites is 2. The van der Waals surface area contributed by atoms with Crippen LogP contribution in [0.25, 0.3) is 5.57 Å². The summed E-state index contributed by atoms with van der Waals surface area (Å²) in [5, 5.41) is 0. The smallest absolute Gasteiger partial charge is 0.126 e. The molecule has 52 heavy (non-hydrogen) atoms. The number of rotatable bonds is 4. The summed E-state index contributed by atoms with van der Waals surface area (Å²) >= 11 is 0. The van der Waals surface area contributed by atoms with Gasteiger partial charge in [-0.3, -0.25) is 0 Å². The molecule has 3 heteroatoms. The summed E-state index contributed by atoms with van der Waals surface area (Å²) in [5.74, 6) is 8.76. The molecule has 2 nitrogen and oxygen atoms in total. The fourth-order valence-corrected chi connectivity index (χ4v) is 11.7. The van der Waals surface area contributed by atoms with Gasteiger partial charge in [-0.2, -0.15) is 0 Å². The Kier molecular flexibility index (Phi) is 10.0. The zero-order chi connectivity index (χ0) is 37.2. The second-order valence-corrected chi connectivity index (χ2v) is 20.6. The van der Waals surface area contributed by atoms with E-state index in [-0.39, 0.29) is 5.82 Å². The first-order valence-corrected chi connectivity index (χ1v) is 20.5. The molecule has 2 saturated heterocycles. The van der Waals surface area contributed by atoms with Crippen LogP contribution in [0.4, 0.5) is 10.1 Å². The van der Waals surface area contributed by atoms with Crippen LogP contribution in [-0.4, -0.2) is 19.2 Å². The first-order chi connectivity index (χ1) is 24.5. The minimum absolute atomic E-state index is 0.0821. The predicted molar refractivity (Wildman–Crippen MR) is 217 cm³/mol. The number of piperidine rings is 2. The third-order valence-electron chi connectivity index (χ3n) is 13.7. The van der Waals surface area contributed by atoms with Gasteiger partial charge >= 0.3 is 0 Å². The Labute approximate surface area is 315 Å². The van der Waals surface area contributed by atoms with Crippen molar-refractivity contribution in [3.63, 3.8) is 0 Å². The van der Waals surface area contributed by atoms with Gasteiger partial charge in [0.1, 0.15) is 17.7 Å². The van der Waals surface area contributed by atoms with Crippen molar-refractivity contribution in [3.05, 3.63) is 102 Å². The maximum absolute atomic E-state index is 13.6. The maximum atomic E-state index is 13.6. The van der Waals surface area contributed by atoms with Gasteiger partial charge in [-0.25, -0.2) is 4.39 Å². The van der Waals surface area contributed by atoms with Crippen LogP contribution < -0.4 is 9.64 Å². The van der Waals surface area contributed by atoms with E-state index >= 15 is 0 Å². The molecule has 2 bridgehead atoms. The minimum atomic E-state index is -0.0821. The van der Waals surface area contributed by atoms with Gasteiger partial charge in [0.2, 0.25) is 0 Å². The Balaban J connectivity index is 0.000000121. The molecular formula is C49H66FNO. The van der Waals surface area contributed by atoms with E-state index in [0.717, 1.165) is 76.6 Å². The molecule has 9 unspecified atom stereocenters. The van der Waals surface area contributed by atoms with Crippen molar-refractivity contribution >= 4 is 11.3 Å². The zero-order valence-corrected chi connectivity index (χ0v) is 33.8. The molecule has 0 N–H and O–H groups in total. The molecule has 280 valence electrons. The summed E-state index contributed by atoms with van der Waals surface area (Å²) in [4.78, 5) is 2.58. The second kappa shape index (κ2) is 14.0. The van der Waals surface area contributed by atoms with Crippen LogP contribution in [0.3, 0.4) is 0 Å². The van der Waals surface area contributed by atoms with Gasteiger partial charge in [0, 0.05) is 24.7 Å². The number of halogens is 1. The van der Waals surface area contributed by atoms with Crippen molar-refractivity contribution in [1.82, 2.24) is 0 Å². The number of hydrogen-bond donors (Lipinski definition) is 0. The van der Waals surface area contributed by atoms with E-state index < -0.39 is 0 Å². The Morgan fingerprint density at radius 3 is 1.79 bits per heavy atom. The maximum Gasteiger partial charge on any atom is 0.126 e. The van der Waals surface area contributed by atoms with Gasteiger partial charge in [-0.05, 0) is 143 Å². The van der Waals surface area contributed by atoms with E-state index in [9.17, 15) is 4.39 Å². The Bertz CT molecular complexity index is 1700. The minimum Gasteiger partial charge on any atom is -0.490 e. The number of anilines is 1. The van der Waals surface area contributed by atoms with Gasteiger partial charge < -0.3 is 9.64 Å². The quantitative estimate of drug-likeness (QED) is 0.268. The van der Waals surface area contributed by atoms with Crippen molar-refractivity contribution in [2.45, 2.75) is 101 Å². The third-order valence-corrected chi connectivity index (χ3v) is 13.7. The van der Waals surface area contributed by atoms with Crippen molar-refractivity contribution in [3.8, 4) is 5.75 Å². The number of benzene rings is 3. The van der Waals surface area contributed by atoms with Crippen LogP contribution in [0, 0.1) is 82.2 Å².